The fourth-order valence-corrected chi connectivity index (χ4v) is 4.20. The van der Waals surface area contributed by atoms with Crippen molar-refractivity contribution in [3.8, 4) is 16.3 Å². The number of nitrogens with zero attached hydrogens (tertiary/aromatic N) is 2. The van der Waals surface area contributed by atoms with Crippen LogP contribution < -0.4 is 10.2 Å². The van der Waals surface area contributed by atoms with E-state index < -0.39 is 0 Å². The Labute approximate surface area is 191 Å². The summed E-state index contributed by atoms with van der Waals surface area (Å²) < 4.78 is 5.68. The minimum absolute atomic E-state index is 0.119. The second-order valence-corrected chi connectivity index (χ2v) is 9.10. The number of aromatic nitrogens is 1. The summed E-state index contributed by atoms with van der Waals surface area (Å²) in [6.45, 7) is 7.90. The number of carbonyl (C=O) groups excluding carboxylic acids is 1. The fourth-order valence-electron chi connectivity index (χ4n) is 3.37. The summed E-state index contributed by atoms with van der Waals surface area (Å²) in [5.74, 6) is 0.539. The Hall–Kier alpha value is -3.51. The van der Waals surface area contributed by atoms with Gasteiger partial charge in [-0.15, -0.1) is 11.3 Å². The van der Waals surface area contributed by atoms with Crippen molar-refractivity contribution in [1.82, 2.24) is 10.4 Å². The number of rotatable bonds is 6. The molecule has 2 aromatic heterocycles. The molecule has 0 aliphatic carbocycles. The van der Waals surface area contributed by atoms with Gasteiger partial charge in [0, 0.05) is 10.3 Å². The summed E-state index contributed by atoms with van der Waals surface area (Å²) >= 11 is 1.66. The molecule has 0 aliphatic heterocycles. The summed E-state index contributed by atoms with van der Waals surface area (Å²) in [6, 6.07) is 21.3. The lowest BCUT2D eigenvalue weighted by Gasteiger charge is -2.10. The van der Waals surface area contributed by atoms with E-state index in [4.69, 9.17) is 9.72 Å². The van der Waals surface area contributed by atoms with Crippen molar-refractivity contribution >= 4 is 33.9 Å². The van der Waals surface area contributed by atoms with E-state index in [1.54, 1.807) is 11.3 Å². The summed E-state index contributed by atoms with van der Waals surface area (Å²) in [7, 11) is 0. The Kier molecular flexibility index (Phi) is 6.32. The molecule has 32 heavy (non-hydrogen) atoms. The van der Waals surface area contributed by atoms with Gasteiger partial charge in [0.2, 0.25) is 0 Å². The molecule has 0 saturated heterocycles. The summed E-state index contributed by atoms with van der Waals surface area (Å²) in [6.07, 6.45) is 0.119. The predicted molar refractivity (Wildman–Crippen MR) is 132 cm³/mol. The molecule has 0 fully saturated rings. The minimum atomic E-state index is -0.266. The molecule has 2 heterocycles. The van der Waals surface area contributed by atoms with Gasteiger partial charge in [0.1, 0.15) is 5.75 Å². The molecule has 2 aromatic carbocycles. The smallest absolute Gasteiger partial charge is 0.272 e. The standard InChI is InChI=1S/C26H25N3O2S/c1-16(2)31-20-12-10-19(11-13-20)18(4)28-29-26(30)22-15-24(25-14-9-17(3)32-25)27-23-8-6-5-7-21(22)23/h5-16H,1-4H3,(H,29,30)/b28-18-. The van der Waals surface area contributed by atoms with Gasteiger partial charge in [0.25, 0.3) is 5.91 Å². The highest BCUT2D eigenvalue weighted by Crippen LogP contribution is 2.29. The number of hydrogen-bond acceptors (Lipinski definition) is 5. The maximum atomic E-state index is 13.1. The molecule has 0 radical (unpaired) electrons. The minimum Gasteiger partial charge on any atom is -0.491 e. The van der Waals surface area contributed by atoms with E-state index >= 15 is 0 Å². The highest BCUT2D eigenvalue weighted by Gasteiger charge is 2.14. The first-order valence-corrected chi connectivity index (χ1v) is 11.3. The summed E-state index contributed by atoms with van der Waals surface area (Å²) in [5, 5.41) is 5.13. The van der Waals surface area contributed by atoms with Crippen LogP contribution in [0.25, 0.3) is 21.5 Å². The van der Waals surface area contributed by atoms with Crippen LogP contribution in [-0.4, -0.2) is 22.7 Å². The first-order chi connectivity index (χ1) is 15.4. The lowest BCUT2D eigenvalue weighted by Crippen LogP contribution is -2.20. The highest BCUT2D eigenvalue weighted by atomic mass is 32.1. The molecule has 0 saturated carbocycles. The van der Waals surface area contributed by atoms with Crippen molar-refractivity contribution < 1.29 is 9.53 Å². The van der Waals surface area contributed by atoms with Crippen LogP contribution in [0.1, 0.15) is 41.6 Å². The topological polar surface area (TPSA) is 63.6 Å². The van der Waals surface area contributed by atoms with E-state index in [2.05, 4.69) is 23.5 Å². The average Bonchev–Trinajstić information content (AvgIpc) is 3.23. The third kappa shape index (κ3) is 4.86. The molecule has 0 atom stereocenters. The maximum absolute atomic E-state index is 13.1. The number of amides is 1. The Balaban J connectivity index is 1.60. The van der Waals surface area contributed by atoms with Gasteiger partial charge in [0.05, 0.1) is 33.5 Å². The molecule has 0 spiro atoms. The number of pyridine rings is 1. The van der Waals surface area contributed by atoms with E-state index in [0.29, 0.717) is 11.3 Å². The van der Waals surface area contributed by atoms with Crippen LogP contribution in [0.5, 0.6) is 5.75 Å². The lowest BCUT2D eigenvalue weighted by atomic mass is 10.1. The molecule has 0 unspecified atom stereocenters. The van der Waals surface area contributed by atoms with Gasteiger partial charge >= 0.3 is 0 Å². The molecule has 1 amide bonds. The first-order valence-electron chi connectivity index (χ1n) is 10.5. The molecule has 4 rings (SSSR count). The number of aryl methyl sites for hydroxylation is 1. The number of fused-ring (bicyclic) bond motifs is 1. The van der Waals surface area contributed by atoms with Crippen LogP contribution in [0.2, 0.25) is 0 Å². The second-order valence-electron chi connectivity index (χ2n) is 7.81. The SMILES string of the molecule is C/C(=N/NC(=O)c1cc(-c2ccc(C)s2)nc2ccccc12)c1ccc(OC(C)C)cc1. The molecule has 0 bridgehead atoms. The Bertz CT molecular complexity index is 1290. The zero-order chi connectivity index (χ0) is 22.7. The monoisotopic (exact) mass is 443 g/mol. The highest BCUT2D eigenvalue weighted by molar-refractivity contribution is 7.15. The van der Waals surface area contributed by atoms with Gasteiger partial charge in [-0.3, -0.25) is 4.79 Å². The predicted octanol–water partition coefficient (Wildman–Crippen LogP) is 6.21. The van der Waals surface area contributed by atoms with E-state index in [-0.39, 0.29) is 12.0 Å². The summed E-state index contributed by atoms with van der Waals surface area (Å²) in [5.41, 5.74) is 6.45. The molecule has 1 N–H and O–H groups in total. The fraction of sp³-hybridized carbons (Fsp3) is 0.192. The van der Waals surface area contributed by atoms with Gasteiger partial charge in [-0.2, -0.15) is 5.10 Å². The number of carbonyl (C=O) groups is 1. The van der Waals surface area contributed by atoms with Gasteiger partial charge in [-0.1, -0.05) is 18.2 Å². The van der Waals surface area contributed by atoms with Crippen LogP contribution in [0.4, 0.5) is 0 Å². The maximum Gasteiger partial charge on any atom is 0.272 e. The summed E-state index contributed by atoms with van der Waals surface area (Å²) in [4.78, 5) is 20.1. The normalized spacial score (nSPS) is 11.7. The Morgan fingerprint density at radius 3 is 2.50 bits per heavy atom. The number of benzene rings is 2. The Morgan fingerprint density at radius 2 is 1.81 bits per heavy atom. The van der Waals surface area contributed by atoms with Crippen LogP contribution >= 0.6 is 11.3 Å². The van der Waals surface area contributed by atoms with Gasteiger partial charge in [-0.25, -0.2) is 10.4 Å². The lowest BCUT2D eigenvalue weighted by molar-refractivity contribution is 0.0956. The van der Waals surface area contributed by atoms with Crippen molar-refractivity contribution in [3.05, 3.63) is 82.7 Å². The number of nitrogens with one attached hydrogen (secondary N) is 1. The van der Waals surface area contributed by atoms with Crippen LogP contribution in [0.3, 0.4) is 0 Å². The van der Waals surface area contributed by atoms with E-state index in [1.807, 2.05) is 81.4 Å². The third-order valence-electron chi connectivity index (χ3n) is 4.92. The van der Waals surface area contributed by atoms with Crippen LogP contribution in [-0.2, 0) is 0 Å². The Morgan fingerprint density at radius 1 is 1.06 bits per heavy atom. The molecule has 4 aromatic rings. The van der Waals surface area contributed by atoms with Gasteiger partial charge < -0.3 is 4.74 Å². The second kappa shape index (κ2) is 9.32. The van der Waals surface area contributed by atoms with Crippen molar-refractivity contribution in [2.45, 2.75) is 33.8 Å². The van der Waals surface area contributed by atoms with Crippen molar-refractivity contribution in [3.63, 3.8) is 0 Å². The first kappa shape index (κ1) is 21.7. The molecular weight excluding hydrogens is 418 g/mol. The largest absolute Gasteiger partial charge is 0.491 e. The third-order valence-corrected chi connectivity index (χ3v) is 5.95. The molecular formula is C26H25N3O2S. The van der Waals surface area contributed by atoms with Crippen molar-refractivity contribution in [2.24, 2.45) is 5.10 Å². The van der Waals surface area contributed by atoms with Crippen molar-refractivity contribution in [2.75, 3.05) is 0 Å². The molecule has 0 aliphatic rings. The average molecular weight is 444 g/mol. The zero-order valence-corrected chi connectivity index (χ0v) is 19.4. The number of hydrogen-bond donors (Lipinski definition) is 1. The zero-order valence-electron chi connectivity index (χ0n) is 18.5. The van der Waals surface area contributed by atoms with Gasteiger partial charge in [0.15, 0.2) is 0 Å². The van der Waals surface area contributed by atoms with Crippen LogP contribution in [0.15, 0.2) is 71.8 Å². The van der Waals surface area contributed by atoms with E-state index in [9.17, 15) is 4.79 Å². The quantitative estimate of drug-likeness (QED) is 0.284. The van der Waals surface area contributed by atoms with E-state index in [1.165, 1.54) is 4.88 Å². The molecule has 5 nitrogen and oxygen atoms in total. The van der Waals surface area contributed by atoms with E-state index in [0.717, 1.165) is 32.8 Å². The number of para-hydroxylation sites is 1. The van der Waals surface area contributed by atoms with Gasteiger partial charge in [-0.05, 0) is 81.8 Å². The van der Waals surface area contributed by atoms with Crippen LogP contribution in [0, 0.1) is 6.92 Å². The molecule has 6 heteroatoms. The number of thiophene rings is 1. The number of ether oxygens (including phenoxy) is 1. The van der Waals surface area contributed by atoms with Crippen molar-refractivity contribution in [1.29, 1.82) is 0 Å². The molecule has 162 valence electrons. The number of hydrazone groups is 1.